The van der Waals surface area contributed by atoms with Gasteiger partial charge >= 0.3 is 0 Å². The number of hydrogen-bond donors (Lipinski definition) is 0. The van der Waals surface area contributed by atoms with Crippen LogP contribution in [-0.4, -0.2) is 43.5 Å². The van der Waals surface area contributed by atoms with E-state index in [9.17, 15) is 4.79 Å². The molecule has 0 bridgehead atoms. The number of carbonyl (C=O) groups excluding carboxylic acids is 1. The molecule has 0 spiro atoms. The van der Waals surface area contributed by atoms with Crippen LogP contribution >= 0.6 is 0 Å². The average molecular weight is 281 g/mol. The number of rotatable bonds is 6. The number of piperidine rings is 1. The summed E-state index contributed by atoms with van der Waals surface area (Å²) in [5, 5.41) is 0. The van der Waals surface area contributed by atoms with E-state index in [0.717, 1.165) is 45.5 Å². The molecule has 3 nitrogen and oxygen atoms in total. The third-order valence-corrected chi connectivity index (χ3v) is 4.91. The second-order valence-electron chi connectivity index (χ2n) is 6.76. The lowest BCUT2D eigenvalue weighted by Crippen LogP contribution is -2.46. The Kier molecular flexibility index (Phi) is 6.50. The van der Waals surface area contributed by atoms with Crippen molar-refractivity contribution in [3.05, 3.63) is 0 Å². The highest BCUT2D eigenvalue weighted by Crippen LogP contribution is 2.34. The van der Waals surface area contributed by atoms with Gasteiger partial charge in [-0.25, -0.2) is 0 Å². The Hall–Kier alpha value is -0.410. The van der Waals surface area contributed by atoms with Crippen LogP contribution < -0.4 is 0 Å². The van der Waals surface area contributed by atoms with Gasteiger partial charge in [0.15, 0.2) is 0 Å². The van der Waals surface area contributed by atoms with Crippen LogP contribution in [0.25, 0.3) is 0 Å². The third-order valence-electron chi connectivity index (χ3n) is 4.91. The zero-order valence-corrected chi connectivity index (χ0v) is 13.1. The topological polar surface area (TPSA) is 29.5 Å². The van der Waals surface area contributed by atoms with Crippen molar-refractivity contribution in [2.24, 2.45) is 5.41 Å². The standard InChI is InChI=1S/C17H31NO2/c1-2-12-20-16-8-7-11-18(13-16)14-17(15-19)9-5-3-4-6-10-17/h15-16H,2-14H2,1H3. The predicted octanol–water partition coefficient (Wildman–Crippen LogP) is 3.42. The Labute approximate surface area is 124 Å². The van der Waals surface area contributed by atoms with Crippen molar-refractivity contribution in [1.82, 2.24) is 4.90 Å². The van der Waals surface area contributed by atoms with Crippen LogP contribution in [0.4, 0.5) is 0 Å². The van der Waals surface area contributed by atoms with Crippen LogP contribution in [-0.2, 0) is 9.53 Å². The minimum absolute atomic E-state index is 0.0663. The lowest BCUT2D eigenvalue weighted by molar-refractivity contribution is -0.119. The number of likely N-dealkylation sites (tertiary alicyclic amines) is 1. The van der Waals surface area contributed by atoms with Crippen molar-refractivity contribution in [2.45, 2.75) is 70.8 Å². The summed E-state index contributed by atoms with van der Waals surface area (Å²) in [7, 11) is 0. The normalized spacial score (nSPS) is 27.9. The molecule has 0 aromatic heterocycles. The lowest BCUT2D eigenvalue weighted by atomic mass is 9.81. The zero-order chi connectivity index (χ0) is 14.3. The Morgan fingerprint density at radius 2 is 1.95 bits per heavy atom. The Morgan fingerprint density at radius 3 is 2.60 bits per heavy atom. The van der Waals surface area contributed by atoms with Crippen molar-refractivity contribution in [1.29, 1.82) is 0 Å². The van der Waals surface area contributed by atoms with E-state index in [-0.39, 0.29) is 5.41 Å². The first-order chi connectivity index (χ1) is 9.78. The van der Waals surface area contributed by atoms with Gasteiger partial charge in [-0.1, -0.05) is 32.6 Å². The molecule has 1 unspecified atom stereocenters. The molecule has 1 saturated heterocycles. The van der Waals surface area contributed by atoms with Gasteiger partial charge in [-0.05, 0) is 38.6 Å². The fraction of sp³-hybridized carbons (Fsp3) is 0.941. The van der Waals surface area contributed by atoms with E-state index >= 15 is 0 Å². The summed E-state index contributed by atoms with van der Waals surface area (Å²) < 4.78 is 5.91. The average Bonchev–Trinajstić information content (AvgIpc) is 2.72. The van der Waals surface area contributed by atoms with Gasteiger partial charge in [0.25, 0.3) is 0 Å². The quantitative estimate of drug-likeness (QED) is 0.552. The summed E-state index contributed by atoms with van der Waals surface area (Å²) in [5.41, 5.74) is -0.0663. The number of nitrogens with zero attached hydrogens (tertiary/aromatic N) is 1. The fourth-order valence-corrected chi connectivity index (χ4v) is 3.77. The van der Waals surface area contributed by atoms with Gasteiger partial charge in [0.2, 0.25) is 0 Å². The van der Waals surface area contributed by atoms with Crippen LogP contribution in [0.2, 0.25) is 0 Å². The maximum absolute atomic E-state index is 11.7. The Bertz CT molecular complexity index is 285. The minimum atomic E-state index is -0.0663. The van der Waals surface area contributed by atoms with Crippen molar-refractivity contribution in [3.8, 4) is 0 Å². The molecule has 1 atom stereocenters. The number of hydrogen-bond acceptors (Lipinski definition) is 3. The maximum atomic E-state index is 11.7. The first-order valence-corrected chi connectivity index (χ1v) is 8.58. The fourth-order valence-electron chi connectivity index (χ4n) is 3.77. The number of aldehydes is 1. The molecular weight excluding hydrogens is 250 g/mol. The van der Waals surface area contributed by atoms with Crippen LogP contribution in [0.3, 0.4) is 0 Å². The molecule has 0 aromatic rings. The molecule has 1 aliphatic heterocycles. The molecule has 20 heavy (non-hydrogen) atoms. The minimum Gasteiger partial charge on any atom is -0.377 e. The SMILES string of the molecule is CCCOC1CCCN(CC2(C=O)CCCCCC2)C1. The number of ether oxygens (including phenoxy) is 1. The highest BCUT2D eigenvalue weighted by molar-refractivity contribution is 5.59. The molecule has 2 rings (SSSR count). The largest absolute Gasteiger partial charge is 0.377 e. The van der Waals surface area contributed by atoms with Gasteiger partial charge in [-0.2, -0.15) is 0 Å². The monoisotopic (exact) mass is 281 g/mol. The maximum Gasteiger partial charge on any atom is 0.127 e. The summed E-state index contributed by atoms with van der Waals surface area (Å²) in [6, 6.07) is 0. The van der Waals surface area contributed by atoms with Gasteiger partial charge in [0.1, 0.15) is 6.29 Å². The zero-order valence-electron chi connectivity index (χ0n) is 13.1. The summed E-state index contributed by atoms with van der Waals surface area (Å²) in [5.74, 6) is 0. The lowest BCUT2D eigenvalue weighted by Gasteiger charge is -2.38. The molecule has 116 valence electrons. The van der Waals surface area contributed by atoms with Crippen LogP contribution in [0, 0.1) is 5.41 Å². The van der Waals surface area contributed by atoms with Gasteiger partial charge in [0.05, 0.1) is 6.10 Å². The molecule has 0 radical (unpaired) electrons. The van der Waals surface area contributed by atoms with Crippen molar-refractivity contribution in [2.75, 3.05) is 26.2 Å². The van der Waals surface area contributed by atoms with Gasteiger partial charge in [0, 0.05) is 25.1 Å². The molecule has 0 aromatic carbocycles. The van der Waals surface area contributed by atoms with Crippen molar-refractivity contribution >= 4 is 6.29 Å². The van der Waals surface area contributed by atoms with Gasteiger partial charge in [-0.3, -0.25) is 4.90 Å². The highest BCUT2D eigenvalue weighted by atomic mass is 16.5. The summed E-state index contributed by atoms with van der Waals surface area (Å²) in [6.45, 7) is 6.16. The van der Waals surface area contributed by atoms with Crippen molar-refractivity contribution < 1.29 is 9.53 Å². The van der Waals surface area contributed by atoms with Crippen molar-refractivity contribution in [3.63, 3.8) is 0 Å². The molecule has 1 aliphatic carbocycles. The summed E-state index contributed by atoms with van der Waals surface area (Å²) in [6.07, 6.45) is 12.4. The first-order valence-electron chi connectivity index (χ1n) is 8.58. The van der Waals surface area contributed by atoms with Gasteiger partial charge in [-0.15, -0.1) is 0 Å². The van der Waals surface area contributed by atoms with E-state index in [4.69, 9.17) is 4.74 Å². The molecule has 2 aliphatic rings. The van der Waals surface area contributed by atoms with E-state index in [1.165, 1.54) is 44.8 Å². The molecular formula is C17H31NO2. The van der Waals surface area contributed by atoms with E-state index in [1.54, 1.807) is 0 Å². The van der Waals surface area contributed by atoms with Crippen LogP contribution in [0.1, 0.15) is 64.7 Å². The molecule has 0 amide bonds. The second-order valence-corrected chi connectivity index (χ2v) is 6.76. The Morgan fingerprint density at radius 1 is 1.20 bits per heavy atom. The summed E-state index contributed by atoms with van der Waals surface area (Å²) in [4.78, 5) is 14.2. The molecule has 0 N–H and O–H groups in total. The first kappa shape index (κ1) is 16.0. The predicted molar refractivity (Wildman–Crippen MR) is 81.9 cm³/mol. The van der Waals surface area contributed by atoms with E-state index < -0.39 is 0 Å². The van der Waals surface area contributed by atoms with Gasteiger partial charge < -0.3 is 9.53 Å². The van der Waals surface area contributed by atoms with E-state index in [1.807, 2.05) is 0 Å². The summed E-state index contributed by atoms with van der Waals surface area (Å²) >= 11 is 0. The molecule has 2 fully saturated rings. The molecule has 1 heterocycles. The second kappa shape index (κ2) is 8.14. The van der Waals surface area contributed by atoms with Crippen LogP contribution in [0.5, 0.6) is 0 Å². The molecule has 1 saturated carbocycles. The third kappa shape index (κ3) is 4.56. The van der Waals surface area contributed by atoms with E-state index in [0.29, 0.717) is 6.10 Å². The highest BCUT2D eigenvalue weighted by Gasteiger charge is 2.34. The van der Waals surface area contributed by atoms with E-state index in [2.05, 4.69) is 11.8 Å². The number of carbonyl (C=O) groups is 1. The molecule has 3 heteroatoms. The smallest absolute Gasteiger partial charge is 0.127 e. The van der Waals surface area contributed by atoms with Crippen LogP contribution in [0.15, 0.2) is 0 Å². The Balaban J connectivity index is 1.87.